The molecule has 0 amide bonds. The number of rotatable bonds is 4. The number of benzene rings is 1. The van der Waals surface area contributed by atoms with Crippen molar-refractivity contribution in [2.45, 2.75) is 39.0 Å². The predicted octanol–water partition coefficient (Wildman–Crippen LogP) is 4.04. The standard InChI is InChI=1S/C13H17ClO2/c1-8(2)10-5-11(7-12(14)6-10)9(3)4-13(15)16/h5-9H,4H2,1-3H3,(H,15,16). The van der Waals surface area contributed by atoms with Crippen LogP contribution in [0.4, 0.5) is 0 Å². The number of aliphatic carboxylic acids is 1. The molecule has 0 aliphatic rings. The van der Waals surface area contributed by atoms with Gasteiger partial charge in [0, 0.05) is 5.02 Å². The van der Waals surface area contributed by atoms with Crippen LogP contribution in [-0.4, -0.2) is 11.1 Å². The van der Waals surface area contributed by atoms with Gasteiger partial charge in [0.1, 0.15) is 0 Å². The van der Waals surface area contributed by atoms with Gasteiger partial charge in [-0.1, -0.05) is 38.4 Å². The molecule has 1 rings (SSSR count). The Morgan fingerprint density at radius 2 is 1.81 bits per heavy atom. The van der Waals surface area contributed by atoms with Crippen molar-refractivity contribution in [3.05, 3.63) is 34.3 Å². The maximum atomic E-state index is 10.7. The van der Waals surface area contributed by atoms with E-state index >= 15 is 0 Å². The lowest BCUT2D eigenvalue weighted by Crippen LogP contribution is -2.03. The topological polar surface area (TPSA) is 37.3 Å². The van der Waals surface area contributed by atoms with Crippen LogP contribution < -0.4 is 0 Å². The Hall–Kier alpha value is -1.02. The van der Waals surface area contributed by atoms with Crippen LogP contribution in [-0.2, 0) is 4.79 Å². The Balaban J connectivity index is 2.99. The normalized spacial score (nSPS) is 12.8. The highest BCUT2D eigenvalue weighted by Gasteiger charge is 2.12. The fourth-order valence-corrected chi connectivity index (χ4v) is 1.89. The lowest BCUT2D eigenvalue weighted by Gasteiger charge is -2.13. The number of carboxylic acids is 1. The minimum Gasteiger partial charge on any atom is -0.481 e. The van der Waals surface area contributed by atoms with Gasteiger partial charge in [0.05, 0.1) is 6.42 Å². The van der Waals surface area contributed by atoms with E-state index in [1.165, 1.54) is 0 Å². The minimum atomic E-state index is -0.779. The summed E-state index contributed by atoms with van der Waals surface area (Å²) in [6, 6.07) is 5.83. The third-order valence-corrected chi connectivity index (χ3v) is 2.88. The fourth-order valence-electron chi connectivity index (χ4n) is 1.63. The molecule has 1 unspecified atom stereocenters. The quantitative estimate of drug-likeness (QED) is 0.862. The molecule has 1 N–H and O–H groups in total. The van der Waals surface area contributed by atoms with E-state index in [9.17, 15) is 4.79 Å². The number of carboxylic acid groups (broad SMARTS) is 1. The molecule has 1 aromatic rings. The zero-order valence-electron chi connectivity index (χ0n) is 9.83. The molecule has 0 aliphatic carbocycles. The van der Waals surface area contributed by atoms with Crippen molar-refractivity contribution >= 4 is 17.6 Å². The second-order valence-corrected chi connectivity index (χ2v) is 4.91. The molecule has 0 radical (unpaired) electrons. The molecule has 88 valence electrons. The van der Waals surface area contributed by atoms with Crippen LogP contribution in [0.1, 0.15) is 50.2 Å². The monoisotopic (exact) mass is 240 g/mol. The number of hydrogen-bond donors (Lipinski definition) is 1. The van der Waals surface area contributed by atoms with Crippen LogP contribution in [0.2, 0.25) is 5.02 Å². The van der Waals surface area contributed by atoms with Crippen molar-refractivity contribution in [3.63, 3.8) is 0 Å². The Bertz CT molecular complexity index is 386. The summed E-state index contributed by atoms with van der Waals surface area (Å²) in [7, 11) is 0. The molecular weight excluding hydrogens is 224 g/mol. The lowest BCUT2D eigenvalue weighted by atomic mass is 9.93. The van der Waals surface area contributed by atoms with Crippen LogP contribution in [0.3, 0.4) is 0 Å². The fraction of sp³-hybridized carbons (Fsp3) is 0.462. The van der Waals surface area contributed by atoms with Gasteiger partial charge < -0.3 is 5.11 Å². The summed E-state index contributed by atoms with van der Waals surface area (Å²) in [6.45, 7) is 6.10. The van der Waals surface area contributed by atoms with Gasteiger partial charge in [-0.05, 0) is 35.1 Å². The van der Waals surface area contributed by atoms with Gasteiger partial charge in [-0.15, -0.1) is 0 Å². The van der Waals surface area contributed by atoms with Crippen molar-refractivity contribution < 1.29 is 9.90 Å². The molecule has 3 heteroatoms. The van der Waals surface area contributed by atoms with Crippen LogP contribution >= 0.6 is 11.6 Å². The van der Waals surface area contributed by atoms with Crippen molar-refractivity contribution in [2.75, 3.05) is 0 Å². The van der Waals surface area contributed by atoms with E-state index in [0.717, 1.165) is 11.1 Å². The summed E-state index contributed by atoms with van der Waals surface area (Å²) in [5.74, 6) is -0.387. The molecular formula is C13H17ClO2. The number of halogens is 1. The van der Waals surface area contributed by atoms with Crippen molar-refractivity contribution in [3.8, 4) is 0 Å². The Kier molecular flexibility index (Phi) is 4.36. The third-order valence-electron chi connectivity index (χ3n) is 2.66. The Morgan fingerprint density at radius 3 is 2.31 bits per heavy atom. The van der Waals surface area contributed by atoms with Gasteiger partial charge in [-0.2, -0.15) is 0 Å². The van der Waals surface area contributed by atoms with E-state index in [1.807, 2.05) is 25.1 Å². The second-order valence-electron chi connectivity index (χ2n) is 4.47. The van der Waals surface area contributed by atoms with E-state index in [-0.39, 0.29) is 12.3 Å². The first-order valence-electron chi connectivity index (χ1n) is 5.42. The maximum absolute atomic E-state index is 10.7. The highest BCUT2D eigenvalue weighted by atomic mass is 35.5. The molecule has 0 saturated heterocycles. The van der Waals surface area contributed by atoms with Gasteiger partial charge in [0.25, 0.3) is 0 Å². The molecule has 0 heterocycles. The molecule has 1 aromatic carbocycles. The third kappa shape index (κ3) is 3.53. The first kappa shape index (κ1) is 13.0. The van der Waals surface area contributed by atoms with E-state index in [4.69, 9.17) is 16.7 Å². The zero-order chi connectivity index (χ0) is 12.3. The van der Waals surface area contributed by atoms with Crippen LogP contribution in [0.5, 0.6) is 0 Å². The molecule has 0 aromatic heterocycles. The lowest BCUT2D eigenvalue weighted by molar-refractivity contribution is -0.137. The zero-order valence-corrected chi connectivity index (χ0v) is 10.6. The second kappa shape index (κ2) is 5.35. The summed E-state index contributed by atoms with van der Waals surface area (Å²) in [6.07, 6.45) is 0.137. The maximum Gasteiger partial charge on any atom is 0.303 e. The largest absolute Gasteiger partial charge is 0.481 e. The molecule has 0 bridgehead atoms. The van der Waals surface area contributed by atoms with Gasteiger partial charge in [0.2, 0.25) is 0 Å². The summed E-state index contributed by atoms with van der Waals surface area (Å²) >= 11 is 6.03. The summed E-state index contributed by atoms with van der Waals surface area (Å²) < 4.78 is 0. The van der Waals surface area contributed by atoms with Gasteiger partial charge in [-0.3, -0.25) is 4.79 Å². The average molecular weight is 241 g/mol. The Labute approximate surface area is 101 Å². The summed E-state index contributed by atoms with van der Waals surface area (Å²) in [5, 5.41) is 9.44. The highest BCUT2D eigenvalue weighted by Crippen LogP contribution is 2.27. The smallest absolute Gasteiger partial charge is 0.303 e. The average Bonchev–Trinajstić information content (AvgIpc) is 2.15. The van der Waals surface area contributed by atoms with Crippen LogP contribution in [0, 0.1) is 0 Å². The summed E-state index contributed by atoms with van der Waals surface area (Å²) in [4.78, 5) is 10.7. The number of hydrogen-bond acceptors (Lipinski definition) is 1. The van der Waals surface area contributed by atoms with E-state index in [2.05, 4.69) is 13.8 Å². The molecule has 16 heavy (non-hydrogen) atoms. The van der Waals surface area contributed by atoms with E-state index in [0.29, 0.717) is 10.9 Å². The van der Waals surface area contributed by atoms with Gasteiger partial charge in [-0.25, -0.2) is 0 Å². The van der Waals surface area contributed by atoms with Crippen LogP contribution in [0.15, 0.2) is 18.2 Å². The molecule has 0 saturated carbocycles. The van der Waals surface area contributed by atoms with Crippen LogP contribution in [0.25, 0.3) is 0 Å². The molecule has 0 spiro atoms. The molecule has 0 fully saturated rings. The van der Waals surface area contributed by atoms with Crippen molar-refractivity contribution in [1.29, 1.82) is 0 Å². The predicted molar refractivity (Wildman–Crippen MR) is 66.2 cm³/mol. The highest BCUT2D eigenvalue weighted by molar-refractivity contribution is 6.30. The minimum absolute atomic E-state index is 0.00583. The first-order chi connectivity index (χ1) is 7.40. The molecule has 1 atom stereocenters. The van der Waals surface area contributed by atoms with E-state index < -0.39 is 5.97 Å². The molecule has 0 aliphatic heterocycles. The SMILES string of the molecule is CC(C)c1cc(Cl)cc(C(C)CC(=O)O)c1. The number of carbonyl (C=O) groups is 1. The van der Waals surface area contributed by atoms with Gasteiger partial charge in [0.15, 0.2) is 0 Å². The van der Waals surface area contributed by atoms with Gasteiger partial charge >= 0.3 is 5.97 Å². The van der Waals surface area contributed by atoms with Crippen molar-refractivity contribution in [1.82, 2.24) is 0 Å². The van der Waals surface area contributed by atoms with E-state index in [1.54, 1.807) is 0 Å². The Morgan fingerprint density at radius 1 is 1.25 bits per heavy atom. The molecule has 2 nitrogen and oxygen atoms in total. The summed E-state index contributed by atoms with van der Waals surface area (Å²) in [5.41, 5.74) is 2.15. The first-order valence-corrected chi connectivity index (χ1v) is 5.80. The van der Waals surface area contributed by atoms with Crippen molar-refractivity contribution in [2.24, 2.45) is 0 Å².